The van der Waals surface area contributed by atoms with E-state index in [1.165, 1.54) is 10.2 Å². The van der Waals surface area contributed by atoms with Gasteiger partial charge in [0.1, 0.15) is 12.4 Å². The van der Waals surface area contributed by atoms with E-state index in [0.29, 0.717) is 23.8 Å². The molecule has 0 amide bonds. The Morgan fingerprint density at radius 2 is 1.71 bits per heavy atom. The Labute approximate surface area is 167 Å². The van der Waals surface area contributed by atoms with Gasteiger partial charge in [-0.1, -0.05) is 56.3 Å². The van der Waals surface area contributed by atoms with E-state index in [1.807, 2.05) is 62.4 Å². The number of aryl methyl sites for hydroxylation is 1. The van der Waals surface area contributed by atoms with Gasteiger partial charge in [-0.2, -0.15) is 5.10 Å². The molecule has 0 unspecified atom stereocenters. The third kappa shape index (κ3) is 4.50. The molecule has 0 atom stereocenters. The smallest absolute Gasteiger partial charge is 0.282 e. The van der Waals surface area contributed by atoms with Crippen LogP contribution in [-0.4, -0.2) is 15.7 Å². The van der Waals surface area contributed by atoms with Crippen molar-refractivity contribution in [3.8, 4) is 5.75 Å². The van der Waals surface area contributed by atoms with Gasteiger partial charge in [-0.3, -0.25) is 4.79 Å². The quantitative estimate of drug-likeness (QED) is 0.558. The summed E-state index contributed by atoms with van der Waals surface area (Å²) in [5, 5.41) is 4.54. The maximum absolute atomic E-state index is 13.2. The van der Waals surface area contributed by atoms with Gasteiger partial charge in [0.05, 0.1) is 11.3 Å². The monoisotopic (exact) mass is 376 g/mol. The van der Waals surface area contributed by atoms with Crippen molar-refractivity contribution in [2.75, 3.05) is 0 Å². The zero-order valence-electron chi connectivity index (χ0n) is 17.1. The molecule has 28 heavy (non-hydrogen) atoms. The number of hydrogen-bond donors (Lipinski definition) is 0. The molecule has 4 heteroatoms. The Morgan fingerprint density at radius 3 is 2.43 bits per heavy atom. The van der Waals surface area contributed by atoms with Crippen molar-refractivity contribution in [3.63, 3.8) is 0 Å². The Kier molecular flexibility index (Phi) is 6.30. The SMILES string of the molecule is Cc1nn(C(=O)c2ccccc2OCc2ccccc2)c(C)c1CCC(C)C. The fourth-order valence-electron chi connectivity index (χ4n) is 3.29. The molecule has 0 saturated heterocycles. The van der Waals surface area contributed by atoms with E-state index in [0.717, 1.165) is 29.8 Å². The van der Waals surface area contributed by atoms with Crippen molar-refractivity contribution in [1.29, 1.82) is 0 Å². The average Bonchev–Trinajstić information content (AvgIpc) is 2.99. The third-order valence-electron chi connectivity index (χ3n) is 4.96. The van der Waals surface area contributed by atoms with Gasteiger partial charge < -0.3 is 4.74 Å². The lowest BCUT2D eigenvalue weighted by atomic mass is 10.0. The van der Waals surface area contributed by atoms with Crippen LogP contribution in [0.3, 0.4) is 0 Å². The van der Waals surface area contributed by atoms with Crippen molar-refractivity contribution in [2.24, 2.45) is 5.92 Å². The second-order valence-corrected chi connectivity index (χ2v) is 7.57. The van der Waals surface area contributed by atoms with E-state index in [-0.39, 0.29) is 5.91 Å². The molecular formula is C24H28N2O2. The molecule has 3 aromatic rings. The summed E-state index contributed by atoms with van der Waals surface area (Å²) in [5.74, 6) is 1.04. The molecule has 0 radical (unpaired) electrons. The standard InChI is InChI=1S/C24H28N2O2/c1-17(2)14-15-21-18(3)25-26(19(21)4)24(27)22-12-8-9-13-23(22)28-16-20-10-6-5-7-11-20/h5-13,17H,14-16H2,1-4H3. The summed E-state index contributed by atoms with van der Waals surface area (Å²) in [6.45, 7) is 8.79. The summed E-state index contributed by atoms with van der Waals surface area (Å²) >= 11 is 0. The Morgan fingerprint density at radius 1 is 1.04 bits per heavy atom. The van der Waals surface area contributed by atoms with Crippen LogP contribution in [-0.2, 0) is 13.0 Å². The van der Waals surface area contributed by atoms with E-state index < -0.39 is 0 Å². The maximum atomic E-state index is 13.2. The fourth-order valence-corrected chi connectivity index (χ4v) is 3.29. The fraction of sp³-hybridized carbons (Fsp3) is 0.333. The Bertz CT molecular complexity index is 942. The first-order valence-corrected chi connectivity index (χ1v) is 9.83. The molecule has 0 aliphatic carbocycles. The van der Waals surface area contributed by atoms with Crippen LogP contribution in [0.25, 0.3) is 0 Å². The molecule has 4 nitrogen and oxygen atoms in total. The molecule has 0 fully saturated rings. The molecule has 1 heterocycles. The minimum atomic E-state index is -0.153. The van der Waals surface area contributed by atoms with Gasteiger partial charge >= 0.3 is 0 Å². The van der Waals surface area contributed by atoms with Crippen LogP contribution in [0.15, 0.2) is 54.6 Å². The number of para-hydroxylation sites is 1. The van der Waals surface area contributed by atoms with Gasteiger partial charge in [-0.25, -0.2) is 4.68 Å². The van der Waals surface area contributed by atoms with Crippen LogP contribution < -0.4 is 4.74 Å². The second-order valence-electron chi connectivity index (χ2n) is 7.57. The second kappa shape index (κ2) is 8.87. The molecule has 2 aromatic carbocycles. The number of ether oxygens (including phenoxy) is 1. The highest BCUT2D eigenvalue weighted by Gasteiger charge is 2.20. The molecular weight excluding hydrogens is 348 g/mol. The summed E-state index contributed by atoms with van der Waals surface area (Å²) in [5.41, 5.74) is 4.60. The normalized spacial score (nSPS) is 11.0. The molecule has 0 bridgehead atoms. The first-order chi connectivity index (χ1) is 13.5. The number of carbonyl (C=O) groups excluding carboxylic acids is 1. The summed E-state index contributed by atoms with van der Waals surface area (Å²) < 4.78 is 7.48. The number of carbonyl (C=O) groups is 1. The summed E-state index contributed by atoms with van der Waals surface area (Å²) in [6.07, 6.45) is 2.02. The molecule has 0 aliphatic rings. The first-order valence-electron chi connectivity index (χ1n) is 9.83. The van der Waals surface area contributed by atoms with Gasteiger partial charge in [-0.15, -0.1) is 0 Å². The van der Waals surface area contributed by atoms with E-state index in [4.69, 9.17) is 4.74 Å². The highest BCUT2D eigenvalue weighted by atomic mass is 16.5. The van der Waals surface area contributed by atoms with E-state index >= 15 is 0 Å². The summed E-state index contributed by atoms with van der Waals surface area (Å²) in [4.78, 5) is 13.2. The largest absolute Gasteiger partial charge is 0.488 e. The van der Waals surface area contributed by atoms with Crippen molar-refractivity contribution in [3.05, 3.63) is 82.7 Å². The van der Waals surface area contributed by atoms with Crippen molar-refractivity contribution in [2.45, 2.75) is 47.1 Å². The summed E-state index contributed by atoms with van der Waals surface area (Å²) in [7, 11) is 0. The highest BCUT2D eigenvalue weighted by Crippen LogP contribution is 2.23. The van der Waals surface area contributed by atoms with Gasteiger partial charge in [0.15, 0.2) is 0 Å². The number of hydrogen-bond acceptors (Lipinski definition) is 3. The van der Waals surface area contributed by atoms with Crippen LogP contribution in [0.4, 0.5) is 0 Å². The molecule has 0 saturated carbocycles. The minimum Gasteiger partial charge on any atom is -0.488 e. The van der Waals surface area contributed by atoms with Gasteiger partial charge in [0.25, 0.3) is 5.91 Å². The van der Waals surface area contributed by atoms with Gasteiger partial charge in [-0.05, 0) is 55.9 Å². The van der Waals surface area contributed by atoms with E-state index in [1.54, 1.807) is 6.07 Å². The molecule has 0 N–H and O–H groups in total. The number of rotatable bonds is 7. The number of aromatic nitrogens is 2. The van der Waals surface area contributed by atoms with E-state index in [9.17, 15) is 4.79 Å². The van der Waals surface area contributed by atoms with Crippen molar-refractivity contribution >= 4 is 5.91 Å². The predicted octanol–water partition coefficient (Wildman–Crippen LogP) is 5.36. The zero-order chi connectivity index (χ0) is 20.1. The van der Waals surface area contributed by atoms with Crippen molar-refractivity contribution in [1.82, 2.24) is 9.78 Å². The zero-order valence-corrected chi connectivity index (χ0v) is 17.1. The lowest BCUT2D eigenvalue weighted by molar-refractivity contribution is 0.0937. The lowest BCUT2D eigenvalue weighted by Crippen LogP contribution is -2.17. The molecule has 0 spiro atoms. The maximum Gasteiger partial charge on any atom is 0.282 e. The molecule has 3 rings (SSSR count). The number of nitrogens with zero attached hydrogens (tertiary/aromatic N) is 2. The topological polar surface area (TPSA) is 44.1 Å². The van der Waals surface area contributed by atoms with Crippen LogP contribution in [0.2, 0.25) is 0 Å². The number of benzene rings is 2. The highest BCUT2D eigenvalue weighted by molar-refractivity contribution is 5.98. The van der Waals surface area contributed by atoms with Gasteiger partial charge in [0.2, 0.25) is 0 Å². The summed E-state index contributed by atoms with van der Waals surface area (Å²) in [6, 6.07) is 17.3. The molecule has 146 valence electrons. The molecule has 1 aromatic heterocycles. The predicted molar refractivity (Wildman–Crippen MR) is 112 cm³/mol. The van der Waals surface area contributed by atoms with E-state index in [2.05, 4.69) is 18.9 Å². The Hall–Kier alpha value is -2.88. The lowest BCUT2D eigenvalue weighted by Gasteiger charge is -2.12. The van der Waals surface area contributed by atoms with Crippen molar-refractivity contribution < 1.29 is 9.53 Å². The molecule has 0 aliphatic heterocycles. The minimum absolute atomic E-state index is 0.153. The van der Waals surface area contributed by atoms with Crippen LogP contribution >= 0.6 is 0 Å². The first kappa shape index (κ1) is 19.9. The van der Waals surface area contributed by atoms with Crippen LogP contribution in [0, 0.1) is 19.8 Å². The van der Waals surface area contributed by atoms with Crippen LogP contribution in [0.1, 0.15) is 53.1 Å². The third-order valence-corrected chi connectivity index (χ3v) is 4.96. The average molecular weight is 377 g/mol. The van der Waals surface area contributed by atoms with Gasteiger partial charge in [0, 0.05) is 5.69 Å². The Balaban J connectivity index is 1.84. The van der Waals surface area contributed by atoms with Crippen LogP contribution in [0.5, 0.6) is 5.75 Å².